The van der Waals surface area contributed by atoms with E-state index >= 15 is 0 Å². The van der Waals surface area contributed by atoms with E-state index in [1.807, 2.05) is 25.7 Å². The summed E-state index contributed by atoms with van der Waals surface area (Å²) in [4.78, 5) is 14.3. The van der Waals surface area contributed by atoms with E-state index in [0.29, 0.717) is 5.91 Å². The van der Waals surface area contributed by atoms with Crippen LogP contribution in [0.1, 0.15) is 46.5 Å². The molecule has 1 unspecified atom stereocenters. The molecule has 17 heavy (non-hydrogen) atoms. The lowest BCUT2D eigenvalue weighted by molar-refractivity contribution is -0.130. The number of nitrogens with two attached hydrogens (primary N) is 1. The van der Waals surface area contributed by atoms with Crippen LogP contribution in [0.25, 0.3) is 0 Å². The van der Waals surface area contributed by atoms with Crippen LogP contribution in [0.4, 0.5) is 0 Å². The van der Waals surface area contributed by atoms with Gasteiger partial charge in [-0.2, -0.15) is 0 Å². The van der Waals surface area contributed by atoms with Gasteiger partial charge in [0.1, 0.15) is 0 Å². The number of hydrogen-bond acceptors (Lipinski definition) is 3. The Labute approximate surface area is 109 Å². The molecule has 0 spiro atoms. The van der Waals surface area contributed by atoms with Crippen LogP contribution in [0, 0.1) is 0 Å². The van der Waals surface area contributed by atoms with Crippen molar-refractivity contribution in [3.05, 3.63) is 0 Å². The molecule has 4 heteroatoms. The summed E-state index contributed by atoms with van der Waals surface area (Å²) in [7, 11) is 0. The molecule has 1 rings (SSSR count). The average Bonchev–Trinajstić information content (AvgIpc) is 2.52. The Kier molecular flexibility index (Phi) is 5.80. The molecule has 1 atom stereocenters. The van der Waals surface area contributed by atoms with Crippen molar-refractivity contribution in [3.63, 3.8) is 0 Å². The average molecular weight is 258 g/mol. The van der Waals surface area contributed by atoms with Gasteiger partial charge >= 0.3 is 0 Å². The molecule has 2 N–H and O–H groups in total. The lowest BCUT2D eigenvalue weighted by atomic mass is 10.1. The molecular formula is C13H26N2OS. The Morgan fingerprint density at radius 3 is 2.29 bits per heavy atom. The molecule has 0 aromatic carbocycles. The highest BCUT2D eigenvalue weighted by atomic mass is 32.2. The molecule has 0 bridgehead atoms. The van der Waals surface area contributed by atoms with Crippen molar-refractivity contribution in [2.45, 2.75) is 57.2 Å². The maximum atomic E-state index is 12.2. The predicted octanol–water partition coefficient (Wildman–Crippen LogP) is 2.25. The van der Waals surface area contributed by atoms with Crippen molar-refractivity contribution >= 4 is 17.7 Å². The second kappa shape index (κ2) is 6.64. The van der Waals surface area contributed by atoms with Gasteiger partial charge in [-0.15, -0.1) is 11.8 Å². The monoisotopic (exact) mass is 258 g/mol. The summed E-state index contributed by atoms with van der Waals surface area (Å²) in [5, 5.41) is 0.0379. The third kappa shape index (κ3) is 5.77. The fraction of sp³-hybridized carbons (Fsp3) is 0.923. The first-order valence-corrected chi connectivity index (χ1v) is 7.64. The number of rotatable bonds is 4. The van der Waals surface area contributed by atoms with Crippen LogP contribution in [0.15, 0.2) is 0 Å². The molecule has 100 valence electrons. The summed E-state index contributed by atoms with van der Waals surface area (Å²) in [6.45, 7) is 7.89. The minimum Gasteiger partial charge on any atom is -0.342 e. The molecule has 0 saturated carbocycles. The van der Waals surface area contributed by atoms with Gasteiger partial charge in [0.05, 0.1) is 5.25 Å². The van der Waals surface area contributed by atoms with Gasteiger partial charge in [-0.3, -0.25) is 4.79 Å². The van der Waals surface area contributed by atoms with Crippen LogP contribution in [0.5, 0.6) is 0 Å². The van der Waals surface area contributed by atoms with E-state index in [1.165, 1.54) is 12.8 Å². The fourth-order valence-corrected chi connectivity index (χ4v) is 2.93. The predicted molar refractivity (Wildman–Crippen MR) is 75.2 cm³/mol. The molecule has 0 aromatic heterocycles. The number of carbonyl (C=O) groups excluding carboxylic acids is 1. The van der Waals surface area contributed by atoms with E-state index in [-0.39, 0.29) is 10.8 Å². The third-order valence-electron chi connectivity index (χ3n) is 2.97. The molecule has 1 aliphatic rings. The summed E-state index contributed by atoms with van der Waals surface area (Å²) >= 11 is 1.68. The first kappa shape index (κ1) is 14.8. The summed E-state index contributed by atoms with van der Waals surface area (Å²) < 4.78 is 0. The standard InChI is InChI=1S/C13H26N2OS/c1-11(17-10-13(2,3)14)12(16)15-8-6-4-5-7-9-15/h11H,4-10,14H2,1-3H3. The Hall–Kier alpha value is -0.220. The molecule has 0 aliphatic carbocycles. The van der Waals surface area contributed by atoms with Crippen LogP contribution in [0.2, 0.25) is 0 Å². The van der Waals surface area contributed by atoms with E-state index in [1.54, 1.807) is 11.8 Å². The lowest BCUT2D eigenvalue weighted by Gasteiger charge is -2.26. The van der Waals surface area contributed by atoms with Gasteiger partial charge in [0.2, 0.25) is 5.91 Å². The SMILES string of the molecule is CC(SCC(C)(C)N)C(=O)N1CCCCCC1. The van der Waals surface area contributed by atoms with Gasteiger partial charge in [0, 0.05) is 24.4 Å². The number of amides is 1. The highest BCUT2D eigenvalue weighted by molar-refractivity contribution is 8.00. The zero-order chi connectivity index (χ0) is 12.9. The second-order valence-corrected chi connectivity index (χ2v) is 7.01. The van der Waals surface area contributed by atoms with E-state index in [2.05, 4.69) is 0 Å². The maximum Gasteiger partial charge on any atom is 0.235 e. The Morgan fingerprint density at radius 1 is 1.29 bits per heavy atom. The smallest absolute Gasteiger partial charge is 0.235 e. The first-order valence-electron chi connectivity index (χ1n) is 6.59. The Balaban J connectivity index is 2.39. The molecule has 0 radical (unpaired) electrons. The van der Waals surface area contributed by atoms with Gasteiger partial charge in [-0.25, -0.2) is 0 Å². The molecule has 0 aromatic rings. The van der Waals surface area contributed by atoms with Gasteiger partial charge < -0.3 is 10.6 Å². The molecule has 1 amide bonds. The van der Waals surface area contributed by atoms with E-state index in [0.717, 1.165) is 31.7 Å². The van der Waals surface area contributed by atoms with Crippen molar-refractivity contribution in [3.8, 4) is 0 Å². The zero-order valence-corrected chi connectivity index (χ0v) is 12.2. The van der Waals surface area contributed by atoms with Crippen molar-refractivity contribution in [2.24, 2.45) is 5.73 Å². The number of thioether (sulfide) groups is 1. The molecule has 1 fully saturated rings. The van der Waals surface area contributed by atoms with Crippen LogP contribution < -0.4 is 5.73 Å². The highest BCUT2D eigenvalue weighted by Crippen LogP contribution is 2.19. The van der Waals surface area contributed by atoms with E-state index in [4.69, 9.17) is 5.73 Å². The number of nitrogens with zero attached hydrogens (tertiary/aromatic N) is 1. The van der Waals surface area contributed by atoms with Gasteiger partial charge in [0.15, 0.2) is 0 Å². The van der Waals surface area contributed by atoms with Crippen LogP contribution >= 0.6 is 11.8 Å². The molecule has 3 nitrogen and oxygen atoms in total. The van der Waals surface area contributed by atoms with E-state index in [9.17, 15) is 4.79 Å². The zero-order valence-electron chi connectivity index (χ0n) is 11.4. The Morgan fingerprint density at radius 2 is 1.82 bits per heavy atom. The van der Waals surface area contributed by atoms with Crippen LogP contribution in [-0.2, 0) is 4.79 Å². The lowest BCUT2D eigenvalue weighted by Crippen LogP contribution is -2.40. The maximum absolute atomic E-state index is 12.2. The van der Waals surface area contributed by atoms with E-state index < -0.39 is 0 Å². The van der Waals surface area contributed by atoms with Gasteiger partial charge in [-0.05, 0) is 33.6 Å². The third-order valence-corrected chi connectivity index (χ3v) is 4.58. The summed E-state index contributed by atoms with van der Waals surface area (Å²) in [5.41, 5.74) is 5.75. The Bertz CT molecular complexity index is 242. The van der Waals surface area contributed by atoms with Crippen LogP contribution in [-0.4, -0.2) is 40.4 Å². The molecule has 1 heterocycles. The van der Waals surface area contributed by atoms with Crippen molar-refractivity contribution in [2.75, 3.05) is 18.8 Å². The fourth-order valence-electron chi connectivity index (χ4n) is 1.96. The quantitative estimate of drug-likeness (QED) is 0.841. The van der Waals surface area contributed by atoms with Crippen LogP contribution in [0.3, 0.4) is 0 Å². The minimum atomic E-state index is -0.196. The summed E-state index contributed by atoms with van der Waals surface area (Å²) in [6.07, 6.45) is 4.85. The summed E-state index contributed by atoms with van der Waals surface area (Å²) in [5.74, 6) is 1.12. The first-order chi connectivity index (χ1) is 7.90. The van der Waals surface area contributed by atoms with Crippen molar-refractivity contribution < 1.29 is 4.79 Å². The van der Waals surface area contributed by atoms with Crippen molar-refractivity contribution in [1.29, 1.82) is 0 Å². The van der Waals surface area contributed by atoms with Gasteiger partial charge in [0.25, 0.3) is 0 Å². The van der Waals surface area contributed by atoms with Crippen molar-refractivity contribution in [1.82, 2.24) is 4.90 Å². The normalized spacial score (nSPS) is 19.9. The molecular weight excluding hydrogens is 232 g/mol. The number of hydrogen-bond donors (Lipinski definition) is 1. The number of carbonyl (C=O) groups is 1. The second-order valence-electron chi connectivity index (χ2n) is 5.68. The minimum absolute atomic E-state index is 0.0379. The van der Waals surface area contributed by atoms with Gasteiger partial charge in [-0.1, -0.05) is 12.8 Å². The largest absolute Gasteiger partial charge is 0.342 e. The molecule has 1 saturated heterocycles. The molecule has 1 aliphatic heterocycles. The number of likely N-dealkylation sites (tertiary alicyclic amines) is 1. The highest BCUT2D eigenvalue weighted by Gasteiger charge is 2.23. The summed E-state index contributed by atoms with van der Waals surface area (Å²) in [6, 6.07) is 0. The topological polar surface area (TPSA) is 46.3 Å².